The van der Waals surface area contributed by atoms with Crippen molar-refractivity contribution < 1.29 is 19.1 Å². The van der Waals surface area contributed by atoms with Crippen LogP contribution in [0.2, 0.25) is 0 Å². The van der Waals surface area contributed by atoms with Crippen LogP contribution in [0.15, 0.2) is 48.5 Å². The first-order valence-corrected chi connectivity index (χ1v) is 8.67. The van der Waals surface area contributed by atoms with Crippen molar-refractivity contribution in [3.63, 3.8) is 0 Å². The predicted molar refractivity (Wildman–Crippen MR) is 100 cm³/mol. The molecule has 2 N–H and O–H groups in total. The number of ether oxygens (including phenoxy) is 1. The fourth-order valence-electron chi connectivity index (χ4n) is 3.15. The van der Waals surface area contributed by atoms with Crippen molar-refractivity contribution in [3.8, 4) is 5.75 Å². The van der Waals surface area contributed by atoms with Crippen LogP contribution in [0.1, 0.15) is 24.1 Å². The smallest absolute Gasteiger partial charge is 0.310 e. The lowest BCUT2D eigenvalue weighted by Crippen LogP contribution is -2.44. The lowest BCUT2D eigenvalue weighted by atomic mass is 10.1. The standard InChI is InChI=1S/C20H21N3O4/c1-3-23-15-10-6-5-9-14(15)17(20(23)26)22-19(25)18(24)21-12-13-8-4-7-11-16(13)27-2/h4-11,17H,3,12H2,1-2H3,(H,21,24)(H,22,25)/t17-/m0/s1. The SMILES string of the molecule is CCN1C(=O)[C@@H](NC(=O)C(=O)NCc2ccccc2OC)c2ccccc21. The number of hydrogen-bond donors (Lipinski definition) is 2. The van der Waals surface area contributed by atoms with Gasteiger partial charge in [0.05, 0.1) is 7.11 Å². The number of likely N-dealkylation sites (N-methyl/N-ethyl adjacent to an activating group) is 1. The molecular formula is C20H21N3O4. The molecule has 0 bridgehead atoms. The van der Waals surface area contributed by atoms with Gasteiger partial charge < -0.3 is 20.3 Å². The van der Waals surface area contributed by atoms with Gasteiger partial charge in [-0.15, -0.1) is 0 Å². The Hall–Kier alpha value is -3.35. The maximum atomic E-state index is 12.6. The number of para-hydroxylation sites is 2. The van der Waals surface area contributed by atoms with E-state index in [0.29, 0.717) is 17.9 Å². The minimum absolute atomic E-state index is 0.145. The lowest BCUT2D eigenvalue weighted by molar-refractivity contribution is -0.140. The molecular weight excluding hydrogens is 346 g/mol. The van der Waals surface area contributed by atoms with Crippen LogP contribution in [0, 0.1) is 0 Å². The molecule has 0 saturated heterocycles. The number of nitrogens with one attached hydrogen (secondary N) is 2. The topological polar surface area (TPSA) is 87.7 Å². The Morgan fingerprint density at radius 1 is 1.07 bits per heavy atom. The van der Waals surface area contributed by atoms with E-state index >= 15 is 0 Å². The molecule has 2 aromatic rings. The monoisotopic (exact) mass is 367 g/mol. The third-order valence-corrected chi connectivity index (χ3v) is 4.48. The summed E-state index contributed by atoms with van der Waals surface area (Å²) in [6, 6.07) is 13.6. The highest BCUT2D eigenvalue weighted by Crippen LogP contribution is 2.35. The summed E-state index contributed by atoms with van der Waals surface area (Å²) in [6.07, 6.45) is 0. The molecule has 1 heterocycles. The van der Waals surface area contributed by atoms with Gasteiger partial charge in [0.2, 0.25) is 0 Å². The maximum absolute atomic E-state index is 12.6. The van der Waals surface area contributed by atoms with Gasteiger partial charge in [-0.05, 0) is 19.1 Å². The van der Waals surface area contributed by atoms with Crippen molar-refractivity contribution in [1.82, 2.24) is 10.6 Å². The van der Waals surface area contributed by atoms with Crippen LogP contribution in [-0.2, 0) is 20.9 Å². The van der Waals surface area contributed by atoms with Crippen LogP contribution >= 0.6 is 0 Å². The number of amides is 3. The second-order valence-corrected chi connectivity index (χ2v) is 6.04. The Bertz CT molecular complexity index is 881. The van der Waals surface area contributed by atoms with Crippen LogP contribution in [0.5, 0.6) is 5.75 Å². The maximum Gasteiger partial charge on any atom is 0.310 e. The predicted octanol–water partition coefficient (Wildman–Crippen LogP) is 1.54. The zero-order chi connectivity index (χ0) is 19.4. The van der Waals surface area contributed by atoms with Gasteiger partial charge in [-0.1, -0.05) is 36.4 Å². The summed E-state index contributed by atoms with van der Waals surface area (Å²) in [7, 11) is 1.54. The van der Waals surface area contributed by atoms with E-state index in [2.05, 4.69) is 10.6 Å². The summed E-state index contributed by atoms with van der Waals surface area (Å²) in [5.74, 6) is -1.28. The third kappa shape index (κ3) is 3.62. The van der Waals surface area contributed by atoms with Gasteiger partial charge >= 0.3 is 11.8 Å². The quantitative estimate of drug-likeness (QED) is 0.785. The van der Waals surface area contributed by atoms with Gasteiger partial charge in [0, 0.05) is 29.9 Å². The van der Waals surface area contributed by atoms with Crippen molar-refractivity contribution in [2.45, 2.75) is 19.5 Å². The molecule has 0 aliphatic carbocycles. The highest BCUT2D eigenvalue weighted by atomic mass is 16.5. The van der Waals surface area contributed by atoms with Crippen LogP contribution in [-0.4, -0.2) is 31.4 Å². The number of rotatable bonds is 5. The average Bonchev–Trinajstić information content (AvgIpc) is 2.97. The summed E-state index contributed by atoms with van der Waals surface area (Å²) < 4.78 is 5.22. The molecule has 140 valence electrons. The van der Waals surface area contributed by atoms with Gasteiger partial charge in [-0.2, -0.15) is 0 Å². The number of anilines is 1. The summed E-state index contributed by atoms with van der Waals surface area (Å²) in [5.41, 5.74) is 2.19. The molecule has 0 aromatic heterocycles. The van der Waals surface area contributed by atoms with Gasteiger partial charge in [-0.25, -0.2) is 0 Å². The molecule has 1 aliphatic heterocycles. The molecule has 2 aromatic carbocycles. The molecule has 0 spiro atoms. The largest absolute Gasteiger partial charge is 0.496 e. The van der Waals surface area contributed by atoms with E-state index in [4.69, 9.17) is 4.74 Å². The molecule has 0 fully saturated rings. The number of fused-ring (bicyclic) bond motifs is 1. The summed E-state index contributed by atoms with van der Waals surface area (Å²) in [4.78, 5) is 38.7. The Morgan fingerprint density at radius 2 is 1.78 bits per heavy atom. The first kappa shape index (κ1) is 18.4. The molecule has 3 amide bonds. The fraction of sp³-hybridized carbons (Fsp3) is 0.250. The normalized spacial score (nSPS) is 15.3. The molecule has 27 heavy (non-hydrogen) atoms. The van der Waals surface area contributed by atoms with Gasteiger partial charge in [0.1, 0.15) is 11.8 Å². The van der Waals surface area contributed by atoms with Crippen molar-refractivity contribution in [2.24, 2.45) is 0 Å². The zero-order valence-electron chi connectivity index (χ0n) is 15.2. The second kappa shape index (κ2) is 7.90. The molecule has 0 unspecified atom stereocenters. The van der Waals surface area contributed by atoms with E-state index in [1.807, 2.05) is 31.2 Å². The number of carbonyl (C=O) groups excluding carboxylic acids is 3. The van der Waals surface area contributed by atoms with Gasteiger partial charge in [-0.3, -0.25) is 14.4 Å². The minimum Gasteiger partial charge on any atom is -0.496 e. The summed E-state index contributed by atoms with van der Waals surface area (Å²) in [6.45, 7) is 2.49. The van der Waals surface area contributed by atoms with E-state index in [0.717, 1.165) is 11.3 Å². The molecule has 0 radical (unpaired) electrons. The van der Waals surface area contributed by atoms with Crippen molar-refractivity contribution in [2.75, 3.05) is 18.6 Å². The minimum atomic E-state index is -0.856. The first-order chi connectivity index (χ1) is 13.1. The number of methoxy groups -OCH3 is 1. The van der Waals surface area contributed by atoms with Gasteiger partial charge in [0.15, 0.2) is 0 Å². The van der Waals surface area contributed by atoms with E-state index in [9.17, 15) is 14.4 Å². The lowest BCUT2D eigenvalue weighted by Gasteiger charge is -2.15. The van der Waals surface area contributed by atoms with E-state index < -0.39 is 17.9 Å². The number of benzene rings is 2. The Balaban J connectivity index is 1.66. The zero-order valence-corrected chi connectivity index (χ0v) is 15.2. The Morgan fingerprint density at radius 3 is 2.52 bits per heavy atom. The van der Waals surface area contributed by atoms with E-state index in [1.54, 1.807) is 29.2 Å². The van der Waals surface area contributed by atoms with E-state index in [1.165, 1.54) is 7.11 Å². The van der Waals surface area contributed by atoms with E-state index in [-0.39, 0.29) is 12.5 Å². The Kier molecular flexibility index (Phi) is 5.40. The molecule has 7 heteroatoms. The highest BCUT2D eigenvalue weighted by molar-refractivity contribution is 6.35. The molecule has 3 rings (SSSR count). The van der Waals surface area contributed by atoms with Crippen LogP contribution < -0.4 is 20.3 Å². The van der Waals surface area contributed by atoms with Crippen molar-refractivity contribution in [1.29, 1.82) is 0 Å². The van der Waals surface area contributed by atoms with Crippen LogP contribution in [0.4, 0.5) is 5.69 Å². The third-order valence-electron chi connectivity index (χ3n) is 4.48. The number of carbonyl (C=O) groups is 3. The molecule has 1 atom stereocenters. The summed E-state index contributed by atoms with van der Waals surface area (Å²) >= 11 is 0. The van der Waals surface area contributed by atoms with Gasteiger partial charge in [0.25, 0.3) is 5.91 Å². The van der Waals surface area contributed by atoms with Crippen molar-refractivity contribution in [3.05, 3.63) is 59.7 Å². The number of nitrogens with zero attached hydrogens (tertiary/aromatic N) is 1. The molecule has 1 aliphatic rings. The van der Waals surface area contributed by atoms with Crippen LogP contribution in [0.3, 0.4) is 0 Å². The molecule has 7 nitrogen and oxygen atoms in total. The average molecular weight is 367 g/mol. The Labute approximate surface area is 157 Å². The second-order valence-electron chi connectivity index (χ2n) is 6.04. The fourth-order valence-corrected chi connectivity index (χ4v) is 3.15. The summed E-state index contributed by atoms with van der Waals surface area (Å²) in [5, 5.41) is 5.10. The highest BCUT2D eigenvalue weighted by Gasteiger charge is 2.37. The van der Waals surface area contributed by atoms with Crippen molar-refractivity contribution >= 4 is 23.4 Å². The molecule has 0 saturated carbocycles. The first-order valence-electron chi connectivity index (χ1n) is 8.67. The number of hydrogen-bond acceptors (Lipinski definition) is 4. The van der Waals surface area contributed by atoms with Crippen LogP contribution in [0.25, 0.3) is 0 Å².